The smallest absolute Gasteiger partial charge is 0.218 e. The van der Waals surface area contributed by atoms with Gasteiger partial charge in [-0.3, -0.25) is 4.90 Å². The first-order chi connectivity index (χ1) is 11.7. The Kier molecular flexibility index (Phi) is 5.48. The van der Waals surface area contributed by atoms with E-state index >= 15 is 0 Å². The van der Waals surface area contributed by atoms with E-state index in [0.717, 1.165) is 38.3 Å². The van der Waals surface area contributed by atoms with Gasteiger partial charge in [0, 0.05) is 38.4 Å². The van der Waals surface area contributed by atoms with Gasteiger partial charge >= 0.3 is 0 Å². The normalized spacial score (nSPS) is 18.4. The van der Waals surface area contributed by atoms with Gasteiger partial charge in [0.25, 0.3) is 0 Å². The number of pyridine rings is 1. The van der Waals surface area contributed by atoms with Crippen LogP contribution in [0.15, 0.2) is 30.7 Å². The first kappa shape index (κ1) is 16.9. The molecule has 0 saturated carbocycles. The van der Waals surface area contributed by atoms with E-state index in [-0.39, 0.29) is 0 Å². The zero-order chi connectivity index (χ0) is 16.9. The number of ether oxygens (including phenoxy) is 1. The molecule has 0 amide bonds. The van der Waals surface area contributed by atoms with Gasteiger partial charge in [-0.15, -0.1) is 0 Å². The van der Waals surface area contributed by atoms with Crippen molar-refractivity contribution >= 4 is 17.4 Å². The van der Waals surface area contributed by atoms with Crippen molar-refractivity contribution in [3.05, 3.63) is 41.4 Å². The van der Waals surface area contributed by atoms with E-state index in [1.54, 1.807) is 13.4 Å². The van der Waals surface area contributed by atoms with Crippen molar-refractivity contribution in [2.45, 2.75) is 25.4 Å². The molecule has 2 aromatic rings. The molecule has 128 valence electrons. The van der Waals surface area contributed by atoms with Crippen LogP contribution in [0.25, 0.3) is 0 Å². The largest absolute Gasteiger partial charge is 0.481 e. The van der Waals surface area contributed by atoms with Gasteiger partial charge in [-0.1, -0.05) is 17.7 Å². The molecule has 1 aliphatic heterocycles. The van der Waals surface area contributed by atoms with Gasteiger partial charge < -0.3 is 9.64 Å². The van der Waals surface area contributed by atoms with Crippen LogP contribution in [0.3, 0.4) is 0 Å². The Morgan fingerprint density at radius 3 is 2.96 bits per heavy atom. The van der Waals surface area contributed by atoms with Crippen LogP contribution in [0.2, 0.25) is 5.15 Å². The van der Waals surface area contributed by atoms with Gasteiger partial charge in [0.2, 0.25) is 5.88 Å². The summed E-state index contributed by atoms with van der Waals surface area (Å²) in [5.74, 6) is 1.48. The molecule has 2 aromatic heterocycles. The van der Waals surface area contributed by atoms with Crippen LogP contribution in [-0.4, -0.2) is 53.1 Å². The molecule has 3 heterocycles. The molecule has 3 rings (SSSR count). The Morgan fingerprint density at radius 1 is 1.33 bits per heavy atom. The summed E-state index contributed by atoms with van der Waals surface area (Å²) in [5.41, 5.74) is 1.19. The maximum atomic E-state index is 5.86. The maximum Gasteiger partial charge on any atom is 0.218 e. The number of aromatic nitrogens is 3. The molecule has 1 saturated heterocycles. The second-order valence-corrected chi connectivity index (χ2v) is 6.44. The lowest BCUT2D eigenvalue weighted by Gasteiger charge is -2.38. The van der Waals surface area contributed by atoms with E-state index in [1.165, 1.54) is 5.56 Å². The molecule has 0 aromatic carbocycles. The molecule has 0 radical (unpaired) electrons. The number of rotatable bonds is 5. The van der Waals surface area contributed by atoms with Crippen LogP contribution in [0.1, 0.15) is 18.4 Å². The predicted molar refractivity (Wildman–Crippen MR) is 94.5 cm³/mol. The van der Waals surface area contributed by atoms with Crippen LogP contribution in [0.4, 0.5) is 5.82 Å². The third-order valence-electron chi connectivity index (χ3n) is 4.42. The molecule has 7 heteroatoms. The highest BCUT2D eigenvalue weighted by Crippen LogP contribution is 2.22. The van der Waals surface area contributed by atoms with Crippen LogP contribution < -0.4 is 9.64 Å². The number of likely N-dealkylation sites (tertiary alicyclic amines) is 1. The molecule has 0 spiro atoms. The van der Waals surface area contributed by atoms with Gasteiger partial charge in [0.05, 0.1) is 7.11 Å². The quantitative estimate of drug-likeness (QED) is 0.775. The van der Waals surface area contributed by atoms with Crippen molar-refractivity contribution in [1.82, 2.24) is 19.9 Å². The van der Waals surface area contributed by atoms with Gasteiger partial charge in [0.15, 0.2) is 0 Å². The number of likely N-dealkylation sites (N-methyl/N-ethyl adjacent to an activating group) is 1. The third-order valence-corrected chi connectivity index (χ3v) is 4.64. The zero-order valence-electron chi connectivity index (χ0n) is 14.0. The first-order valence-electron chi connectivity index (χ1n) is 8.07. The van der Waals surface area contributed by atoms with E-state index in [0.29, 0.717) is 17.1 Å². The summed E-state index contributed by atoms with van der Waals surface area (Å²) >= 11 is 5.86. The number of piperidine rings is 1. The Balaban J connectivity index is 1.64. The fourth-order valence-electron chi connectivity index (χ4n) is 3.07. The topological polar surface area (TPSA) is 54.4 Å². The molecular weight excluding hydrogens is 326 g/mol. The zero-order valence-corrected chi connectivity index (χ0v) is 14.8. The van der Waals surface area contributed by atoms with Crippen LogP contribution in [-0.2, 0) is 6.54 Å². The fraction of sp³-hybridized carbons (Fsp3) is 0.471. The number of hydrogen-bond acceptors (Lipinski definition) is 6. The molecule has 1 atom stereocenters. The Bertz CT molecular complexity index is 666. The number of halogens is 1. The lowest BCUT2D eigenvalue weighted by atomic mass is 10.0. The maximum absolute atomic E-state index is 5.86. The minimum Gasteiger partial charge on any atom is -0.481 e. The summed E-state index contributed by atoms with van der Waals surface area (Å²) < 4.78 is 5.20. The van der Waals surface area contributed by atoms with Gasteiger partial charge in [-0.05, 0) is 31.0 Å². The first-order valence-corrected chi connectivity index (χ1v) is 8.45. The third kappa shape index (κ3) is 4.13. The molecule has 1 fully saturated rings. The lowest BCUT2D eigenvalue weighted by Crippen LogP contribution is -2.46. The molecule has 1 aliphatic rings. The SMILES string of the molecule is COc1cc(N(C)C2CCCN(Cc3ccc(Cl)nc3)C2)ncn1. The van der Waals surface area contributed by atoms with Crippen LogP contribution in [0, 0.1) is 0 Å². The second kappa shape index (κ2) is 7.77. The summed E-state index contributed by atoms with van der Waals surface area (Å²) in [6.07, 6.45) is 5.71. The summed E-state index contributed by atoms with van der Waals surface area (Å²) in [6, 6.07) is 6.18. The molecule has 6 nitrogen and oxygen atoms in total. The Hall–Kier alpha value is -1.92. The number of nitrogens with zero attached hydrogens (tertiary/aromatic N) is 5. The van der Waals surface area contributed by atoms with Crippen LogP contribution >= 0.6 is 11.6 Å². The molecule has 24 heavy (non-hydrogen) atoms. The van der Waals surface area contributed by atoms with Gasteiger partial charge in [0.1, 0.15) is 17.3 Å². The monoisotopic (exact) mass is 347 g/mol. The summed E-state index contributed by atoms with van der Waals surface area (Å²) in [6.45, 7) is 2.98. The van der Waals surface area contributed by atoms with Crippen molar-refractivity contribution in [3.8, 4) is 5.88 Å². The van der Waals surface area contributed by atoms with Crippen molar-refractivity contribution in [3.63, 3.8) is 0 Å². The van der Waals surface area contributed by atoms with E-state index < -0.39 is 0 Å². The van der Waals surface area contributed by atoms with Gasteiger partial charge in [-0.2, -0.15) is 0 Å². The summed E-state index contributed by atoms with van der Waals surface area (Å²) in [4.78, 5) is 17.3. The lowest BCUT2D eigenvalue weighted by molar-refractivity contribution is 0.198. The van der Waals surface area contributed by atoms with E-state index in [2.05, 4.69) is 31.8 Å². The minimum absolute atomic E-state index is 0.415. The molecule has 0 aliphatic carbocycles. The number of hydrogen-bond donors (Lipinski definition) is 0. The average Bonchev–Trinajstić information content (AvgIpc) is 2.63. The second-order valence-electron chi connectivity index (χ2n) is 6.05. The predicted octanol–water partition coefficient (Wildman–Crippen LogP) is 2.63. The van der Waals surface area contributed by atoms with Crippen molar-refractivity contribution < 1.29 is 4.74 Å². The highest BCUT2D eigenvalue weighted by Gasteiger charge is 2.24. The summed E-state index contributed by atoms with van der Waals surface area (Å²) in [7, 11) is 3.70. The highest BCUT2D eigenvalue weighted by molar-refractivity contribution is 6.29. The minimum atomic E-state index is 0.415. The fourth-order valence-corrected chi connectivity index (χ4v) is 3.18. The van der Waals surface area contributed by atoms with Crippen LogP contribution in [0.5, 0.6) is 5.88 Å². The standard InChI is InChI=1S/C17H22ClN5O/c1-22(16-8-17(24-2)21-12-20-16)14-4-3-7-23(11-14)10-13-5-6-15(18)19-9-13/h5-6,8-9,12,14H,3-4,7,10-11H2,1-2H3. The number of methoxy groups -OCH3 is 1. The Morgan fingerprint density at radius 2 is 2.21 bits per heavy atom. The summed E-state index contributed by atoms with van der Waals surface area (Å²) in [5, 5.41) is 0.535. The van der Waals surface area contributed by atoms with Crippen molar-refractivity contribution in [1.29, 1.82) is 0 Å². The van der Waals surface area contributed by atoms with E-state index in [4.69, 9.17) is 16.3 Å². The molecule has 0 bridgehead atoms. The Labute approximate surface area is 147 Å². The van der Waals surface area contributed by atoms with Crippen molar-refractivity contribution in [2.75, 3.05) is 32.1 Å². The van der Waals surface area contributed by atoms with E-state index in [9.17, 15) is 0 Å². The molecule has 1 unspecified atom stereocenters. The molecule has 0 N–H and O–H groups in total. The van der Waals surface area contributed by atoms with E-state index in [1.807, 2.05) is 24.4 Å². The average molecular weight is 348 g/mol. The van der Waals surface area contributed by atoms with Crippen molar-refractivity contribution in [2.24, 2.45) is 0 Å². The molecular formula is C17H22ClN5O. The number of anilines is 1. The van der Waals surface area contributed by atoms with Gasteiger partial charge in [-0.25, -0.2) is 15.0 Å². The highest BCUT2D eigenvalue weighted by atomic mass is 35.5.